The fourth-order valence-electron chi connectivity index (χ4n) is 2.13. The molecule has 0 N–H and O–H groups in total. The average Bonchev–Trinajstić information content (AvgIpc) is 2.65. The zero-order chi connectivity index (χ0) is 14.7. The fourth-order valence-corrected chi connectivity index (χ4v) is 2.61. The van der Waals surface area contributed by atoms with Crippen molar-refractivity contribution in [2.75, 3.05) is 7.11 Å². The van der Waals surface area contributed by atoms with E-state index in [1.807, 2.05) is 38.2 Å². The van der Waals surface area contributed by atoms with Gasteiger partial charge in [0.15, 0.2) is 0 Å². The highest BCUT2D eigenvalue weighted by atomic mass is 79.9. The number of benzene rings is 1. The molecule has 0 amide bonds. The number of carbonyl (C=O) groups excluding carboxylic acids is 1. The van der Waals surface area contributed by atoms with Crippen molar-refractivity contribution in [2.24, 2.45) is 7.05 Å². The monoisotopic (exact) mass is 336 g/mol. The minimum absolute atomic E-state index is 0.155. The molecule has 2 rings (SSSR count). The van der Waals surface area contributed by atoms with Gasteiger partial charge in [0, 0.05) is 19.9 Å². The lowest BCUT2D eigenvalue weighted by Crippen LogP contribution is -2.10. The van der Waals surface area contributed by atoms with Crippen LogP contribution in [0.5, 0.6) is 5.75 Å². The van der Waals surface area contributed by atoms with Gasteiger partial charge >= 0.3 is 0 Å². The molecular weight excluding hydrogens is 320 g/mol. The number of ether oxygens (including phenoxy) is 1. The van der Waals surface area contributed by atoms with Gasteiger partial charge in [-0.1, -0.05) is 12.1 Å². The molecule has 5 heteroatoms. The Morgan fingerprint density at radius 3 is 2.75 bits per heavy atom. The second-order valence-electron chi connectivity index (χ2n) is 4.71. The van der Waals surface area contributed by atoms with Gasteiger partial charge in [-0.3, -0.25) is 9.48 Å². The Labute approximate surface area is 126 Å². The predicted octanol–water partition coefficient (Wildman–Crippen LogP) is 2.85. The van der Waals surface area contributed by atoms with Crippen molar-refractivity contribution in [3.8, 4) is 5.75 Å². The molecule has 0 saturated heterocycles. The maximum atomic E-state index is 12.2. The summed E-state index contributed by atoms with van der Waals surface area (Å²) in [6, 6.07) is 7.59. The zero-order valence-electron chi connectivity index (χ0n) is 11.8. The number of rotatable bonds is 5. The first-order valence-corrected chi connectivity index (χ1v) is 7.13. The number of carbonyl (C=O) groups is 1. The van der Waals surface area contributed by atoms with Crippen molar-refractivity contribution in [2.45, 2.75) is 19.8 Å². The summed E-state index contributed by atoms with van der Waals surface area (Å²) in [6.07, 6.45) is 0.767. The third-order valence-corrected chi connectivity index (χ3v) is 4.19. The highest BCUT2D eigenvalue weighted by molar-refractivity contribution is 9.10. The molecule has 2 aromatic rings. The largest absolute Gasteiger partial charge is 0.497 e. The molecule has 0 atom stereocenters. The molecule has 0 aliphatic rings. The first-order valence-electron chi connectivity index (χ1n) is 6.34. The quantitative estimate of drug-likeness (QED) is 0.843. The SMILES string of the molecule is COc1cccc(CC(=O)Cc2c(Br)c(C)nn2C)c1. The molecule has 0 saturated carbocycles. The van der Waals surface area contributed by atoms with Gasteiger partial charge in [-0.05, 0) is 40.5 Å². The zero-order valence-corrected chi connectivity index (χ0v) is 13.4. The summed E-state index contributed by atoms with van der Waals surface area (Å²) in [5, 5.41) is 4.30. The van der Waals surface area contributed by atoms with Crippen molar-refractivity contribution in [3.63, 3.8) is 0 Å². The molecule has 0 spiro atoms. The number of nitrogens with zero attached hydrogens (tertiary/aromatic N) is 2. The van der Waals surface area contributed by atoms with Crippen LogP contribution in [0, 0.1) is 6.92 Å². The lowest BCUT2D eigenvalue weighted by molar-refractivity contribution is -0.117. The maximum absolute atomic E-state index is 12.2. The smallest absolute Gasteiger partial charge is 0.143 e. The van der Waals surface area contributed by atoms with E-state index in [4.69, 9.17) is 4.74 Å². The van der Waals surface area contributed by atoms with Crippen LogP contribution in [0.3, 0.4) is 0 Å². The van der Waals surface area contributed by atoms with E-state index in [-0.39, 0.29) is 5.78 Å². The van der Waals surface area contributed by atoms with Gasteiger partial charge in [-0.25, -0.2) is 0 Å². The lowest BCUT2D eigenvalue weighted by atomic mass is 10.1. The van der Waals surface area contributed by atoms with Gasteiger partial charge in [0.2, 0.25) is 0 Å². The summed E-state index contributed by atoms with van der Waals surface area (Å²) in [5.41, 5.74) is 2.77. The van der Waals surface area contributed by atoms with E-state index >= 15 is 0 Å². The van der Waals surface area contributed by atoms with Crippen LogP contribution in [0.15, 0.2) is 28.7 Å². The number of ketones is 1. The van der Waals surface area contributed by atoms with Crippen LogP contribution in [-0.2, 0) is 24.7 Å². The summed E-state index contributed by atoms with van der Waals surface area (Å²) < 4.78 is 7.83. The molecule has 106 valence electrons. The first-order chi connectivity index (χ1) is 9.51. The Bertz CT molecular complexity index is 635. The molecular formula is C15H17BrN2O2. The van der Waals surface area contributed by atoms with Gasteiger partial charge in [0.05, 0.1) is 23.0 Å². The molecule has 0 bridgehead atoms. The number of halogens is 1. The Kier molecular flexibility index (Phi) is 4.60. The maximum Gasteiger partial charge on any atom is 0.143 e. The standard InChI is InChI=1S/C15H17BrN2O2/c1-10-15(16)14(18(2)17-10)9-12(19)7-11-5-4-6-13(8-11)20-3/h4-6,8H,7,9H2,1-3H3. The summed E-state index contributed by atoms with van der Waals surface area (Å²) >= 11 is 3.48. The van der Waals surface area contributed by atoms with Gasteiger partial charge in [0.1, 0.15) is 11.5 Å². The second-order valence-corrected chi connectivity index (χ2v) is 5.51. The third kappa shape index (κ3) is 3.28. The van der Waals surface area contributed by atoms with Gasteiger partial charge in [-0.15, -0.1) is 0 Å². The van der Waals surface area contributed by atoms with Crippen molar-refractivity contribution in [1.29, 1.82) is 0 Å². The molecule has 0 aliphatic carbocycles. The van der Waals surface area contributed by atoms with Gasteiger partial charge in [-0.2, -0.15) is 5.10 Å². The van der Waals surface area contributed by atoms with E-state index in [0.29, 0.717) is 12.8 Å². The van der Waals surface area contributed by atoms with Crippen molar-refractivity contribution in [1.82, 2.24) is 9.78 Å². The van der Waals surface area contributed by atoms with Crippen LogP contribution in [-0.4, -0.2) is 22.7 Å². The topological polar surface area (TPSA) is 44.1 Å². The van der Waals surface area contributed by atoms with Gasteiger partial charge < -0.3 is 4.74 Å². The van der Waals surface area contributed by atoms with Crippen LogP contribution < -0.4 is 4.74 Å². The predicted molar refractivity (Wildman–Crippen MR) is 81.1 cm³/mol. The van der Waals surface area contributed by atoms with Crippen LogP contribution in [0.2, 0.25) is 0 Å². The lowest BCUT2D eigenvalue weighted by Gasteiger charge is -2.05. The van der Waals surface area contributed by atoms with E-state index < -0.39 is 0 Å². The van der Waals surface area contributed by atoms with Crippen LogP contribution in [0.4, 0.5) is 0 Å². The van der Waals surface area contributed by atoms with Crippen LogP contribution in [0.25, 0.3) is 0 Å². The Hall–Kier alpha value is -1.62. The summed E-state index contributed by atoms with van der Waals surface area (Å²) in [4.78, 5) is 12.2. The van der Waals surface area contributed by atoms with E-state index in [2.05, 4.69) is 21.0 Å². The number of hydrogen-bond donors (Lipinski definition) is 0. The normalized spacial score (nSPS) is 10.6. The Morgan fingerprint density at radius 1 is 1.40 bits per heavy atom. The molecule has 20 heavy (non-hydrogen) atoms. The average molecular weight is 337 g/mol. The number of hydrogen-bond acceptors (Lipinski definition) is 3. The molecule has 1 heterocycles. The van der Waals surface area contributed by atoms with Crippen molar-refractivity contribution >= 4 is 21.7 Å². The van der Waals surface area contributed by atoms with Gasteiger partial charge in [0.25, 0.3) is 0 Å². The summed E-state index contributed by atoms with van der Waals surface area (Å²) in [7, 11) is 3.47. The Morgan fingerprint density at radius 2 is 2.15 bits per heavy atom. The van der Waals surface area contributed by atoms with E-state index in [1.54, 1.807) is 11.8 Å². The molecule has 0 aliphatic heterocycles. The highest BCUT2D eigenvalue weighted by Crippen LogP contribution is 2.21. The number of aryl methyl sites for hydroxylation is 2. The molecule has 4 nitrogen and oxygen atoms in total. The first kappa shape index (κ1) is 14.8. The molecule has 0 radical (unpaired) electrons. The second kappa shape index (κ2) is 6.22. The molecule has 1 aromatic carbocycles. The number of methoxy groups -OCH3 is 1. The Balaban J connectivity index is 2.09. The number of aromatic nitrogens is 2. The highest BCUT2D eigenvalue weighted by Gasteiger charge is 2.14. The third-order valence-electron chi connectivity index (χ3n) is 3.16. The summed E-state index contributed by atoms with van der Waals surface area (Å²) in [5.74, 6) is 0.926. The fraction of sp³-hybridized carbons (Fsp3) is 0.333. The van der Waals surface area contributed by atoms with E-state index in [0.717, 1.165) is 27.2 Å². The summed E-state index contributed by atoms with van der Waals surface area (Å²) in [6.45, 7) is 1.92. The molecule has 0 fully saturated rings. The van der Waals surface area contributed by atoms with Crippen molar-refractivity contribution < 1.29 is 9.53 Å². The van der Waals surface area contributed by atoms with Crippen LogP contribution in [0.1, 0.15) is 17.0 Å². The van der Waals surface area contributed by atoms with Crippen LogP contribution >= 0.6 is 15.9 Å². The molecule has 1 aromatic heterocycles. The minimum Gasteiger partial charge on any atom is -0.497 e. The van der Waals surface area contributed by atoms with E-state index in [1.165, 1.54) is 0 Å². The minimum atomic E-state index is 0.155. The van der Waals surface area contributed by atoms with Crippen molar-refractivity contribution in [3.05, 3.63) is 45.7 Å². The molecule has 0 unspecified atom stereocenters. The number of Topliss-reactive ketones (excluding diaryl/α,β-unsaturated/α-hetero) is 1. The van der Waals surface area contributed by atoms with E-state index in [9.17, 15) is 4.79 Å².